The summed E-state index contributed by atoms with van der Waals surface area (Å²) in [5.74, 6) is 0.315. The van der Waals surface area contributed by atoms with Gasteiger partial charge in [0.1, 0.15) is 22.9 Å². The molecule has 4 nitrogen and oxygen atoms in total. The lowest BCUT2D eigenvalue weighted by atomic mass is 9.97. The topological polar surface area (TPSA) is 58.1 Å². The van der Waals surface area contributed by atoms with Gasteiger partial charge in [0.25, 0.3) is 0 Å². The molecule has 2 aromatic carbocycles. The van der Waals surface area contributed by atoms with E-state index in [0.717, 1.165) is 0 Å². The summed E-state index contributed by atoms with van der Waals surface area (Å²) in [5, 5.41) is 16.5. The van der Waals surface area contributed by atoms with Crippen LogP contribution < -0.4 is 4.74 Å². The minimum absolute atomic E-state index is 0.0344. The Labute approximate surface area is 148 Å². The van der Waals surface area contributed by atoms with Crippen molar-refractivity contribution in [2.75, 3.05) is 6.61 Å². The van der Waals surface area contributed by atoms with Gasteiger partial charge in [-0.3, -0.25) is 5.10 Å². The number of phenols is 1. The van der Waals surface area contributed by atoms with Crippen LogP contribution in [-0.2, 0) is 6.18 Å². The van der Waals surface area contributed by atoms with E-state index in [0.29, 0.717) is 23.5 Å². The van der Waals surface area contributed by atoms with Gasteiger partial charge in [-0.15, -0.1) is 0 Å². The lowest BCUT2D eigenvalue weighted by Crippen LogP contribution is -2.07. The Morgan fingerprint density at radius 3 is 2.42 bits per heavy atom. The zero-order valence-electron chi connectivity index (χ0n) is 14.2. The summed E-state index contributed by atoms with van der Waals surface area (Å²) in [5.41, 5.74) is -0.0141. The third kappa shape index (κ3) is 3.12. The van der Waals surface area contributed by atoms with Crippen molar-refractivity contribution in [3.05, 3.63) is 53.7 Å². The predicted octanol–water partition coefficient (Wildman–Crippen LogP) is 5.18. The van der Waals surface area contributed by atoms with Crippen LogP contribution >= 0.6 is 0 Å². The molecule has 3 aromatic rings. The van der Waals surface area contributed by atoms with Crippen molar-refractivity contribution in [3.8, 4) is 33.9 Å². The van der Waals surface area contributed by atoms with Crippen LogP contribution in [0.3, 0.4) is 0 Å². The smallest absolute Gasteiger partial charge is 0.433 e. The van der Waals surface area contributed by atoms with E-state index < -0.39 is 11.9 Å². The maximum absolute atomic E-state index is 13.5. The molecule has 0 unspecified atom stereocenters. The molecule has 7 heteroatoms. The highest BCUT2D eigenvalue weighted by atomic mass is 19.4. The van der Waals surface area contributed by atoms with Crippen LogP contribution in [0, 0.1) is 6.92 Å². The summed E-state index contributed by atoms with van der Waals surface area (Å²) in [6, 6.07) is 11.3. The maximum atomic E-state index is 13.5. The van der Waals surface area contributed by atoms with Crippen molar-refractivity contribution >= 4 is 0 Å². The summed E-state index contributed by atoms with van der Waals surface area (Å²) in [7, 11) is 0. The maximum Gasteiger partial charge on any atom is 0.433 e. The molecule has 1 aromatic heterocycles. The molecule has 0 aliphatic rings. The number of hydrogen-bond acceptors (Lipinski definition) is 3. The van der Waals surface area contributed by atoms with Gasteiger partial charge in [-0.05, 0) is 31.5 Å². The van der Waals surface area contributed by atoms with Crippen molar-refractivity contribution in [2.24, 2.45) is 0 Å². The minimum atomic E-state index is -4.60. The van der Waals surface area contributed by atoms with E-state index in [9.17, 15) is 18.3 Å². The first-order valence-corrected chi connectivity index (χ1v) is 8.01. The van der Waals surface area contributed by atoms with E-state index in [2.05, 4.69) is 10.2 Å². The number of alkyl halides is 3. The molecule has 0 aliphatic heterocycles. The average Bonchev–Trinajstić information content (AvgIpc) is 3.05. The van der Waals surface area contributed by atoms with Crippen molar-refractivity contribution < 1.29 is 23.0 Å². The zero-order chi connectivity index (χ0) is 18.9. The van der Waals surface area contributed by atoms with Gasteiger partial charge in [0, 0.05) is 16.7 Å². The Bertz CT molecular complexity index is 919. The number of halogens is 3. The van der Waals surface area contributed by atoms with E-state index in [1.165, 1.54) is 6.07 Å². The Morgan fingerprint density at radius 2 is 1.81 bits per heavy atom. The fraction of sp³-hybridized carbons (Fsp3) is 0.211. The van der Waals surface area contributed by atoms with E-state index in [4.69, 9.17) is 4.74 Å². The first kappa shape index (κ1) is 17.8. The molecule has 0 aliphatic carbocycles. The number of phenolic OH excluding ortho intramolecular Hbond substituents is 1. The number of nitrogens with zero attached hydrogens (tertiary/aromatic N) is 1. The van der Waals surface area contributed by atoms with Gasteiger partial charge >= 0.3 is 6.18 Å². The number of ether oxygens (including phenoxy) is 1. The lowest BCUT2D eigenvalue weighted by Gasteiger charge is -2.13. The third-order valence-corrected chi connectivity index (χ3v) is 4.05. The second-order valence-corrected chi connectivity index (χ2v) is 5.70. The Hall–Kier alpha value is -2.96. The van der Waals surface area contributed by atoms with Crippen molar-refractivity contribution in [3.63, 3.8) is 0 Å². The first-order valence-electron chi connectivity index (χ1n) is 8.01. The standard InChI is InChI=1S/C19H17F3N2O2/c1-3-26-14-10-9-13(17(25)11(14)2)16-15(12-7-5-4-6-8-12)18(24-23-16)19(20,21)22/h4-10,25H,3H2,1-2H3,(H,23,24). The fourth-order valence-corrected chi connectivity index (χ4v) is 2.81. The molecule has 136 valence electrons. The first-order chi connectivity index (χ1) is 12.3. The summed E-state index contributed by atoms with van der Waals surface area (Å²) in [6.45, 7) is 3.86. The molecular weight excluding hydrogens is 345 g/mol. The van der Waals surface area contributed by atoms with Crippen LogP contribution in [0.2, 0.25) is 0 Å². The van der Waals surface area contributed by atoms with Gasteiger partial charge in [-0.1, -0.05) is 30.3 Å². The number of aromatic amines is 1. The summed E-state index contributed by atoms with van der Waals surface area (Å²) in [4.78, 5) is 0. The van der Waals surface area contributed by atoms with Gasteiger partial charge in [-0.2, -0.15) is 18.3 Å². The number of rotatable bonds is 4. The Balaban J connectivity index is 2.24. The second-order valence-electron chi connectivity index (χ2n) is 5.70. The largest absolute Gasteiger partial charge is 0.507 e. The number of aromatic nitrogens is 2. The van der Waals surface area contributed by atoms with Crippen LogP contribution in [0.5, 0.6) is 11.5 Å². The van der Waals surface area contributed by atoms with Crippen LogP contribution in [0.15, 0.2) is 42.5 Å². The number of aromatic hydroxyl groups is 1. The molecule has 2 N–H and O–H groups in total. The molecule has 0 bridgehead atoms. The molecular formula is C19H17F3N2O2. The van der Waals surface area contributed by atoms with Crippen LogP contribution in [-0.4, -0.2) is 21.9 Å². The minimum Gasteiger partial charge on any atom is -0.507 e. The normalized spacial score (nSPS) is 11.6. The monoisotopic (exact) mass is 362 g/mol. The quantitative estimate of drug-likeness (QED) is 0.673. The molecule has 0 atom stereocenters. The molecule has 0 fully saturated rings. The summed E-state index contributed by atoms with van der Waals surface area (Å²) < 4.78 is 45.8. The van der Waals surface area contributed by atoms with Crippen molar-refractivity contribution in [1.29, 1.82) is 0 Å². The lowest BCUT2D eigenvalue weighted by molar-refractivity contribution is -0.140. The van der Waals surface area contributed by atoms with E-state index in [-0.39, 0.29) is 22.6 Å². The van der Waals surface area contributed by atoms with E-state index >= 15 is 0 Å². The molecule has 0 spiro atoms. The molecule has 0 radical (unpaired) electrons. The van der Waals surface area contributed by atoms with Gasteiger partial charge in [-0.25, -0.2) is 0 Å². The number of benzene rings is 2. The molecule has 3 rings (SSSR count). The molecule has 26 heavy (non-hydrogen) atoms. The Morgan fingerprint density at radius 1 is 1.12 bits per heavy atom. The zero-order valence-corrected chi connectivity index (χ0v) is 14.2. The van der Waals surface area contributed by atoms with Crippen LogP contribution in [0.25, 0.3) is 22.4 Å². The second kappa shape index (κ2) is 6.74. The average molecular weight is 362 g/mol. The van der Waals surface area contributed by atoms with Gasteiger partial charge in [0.2, 0.25) is 0 Å². The van der Waals surface area contributed by atoms with Crippen molar-refractivity contribution in [2.45, 2.75) is 20.0 Å². The van der Waals surface area contributed by atoms with Gasteiger partial charge in [0.15, 0.2) is 0 Å². The highest BCUT2D eigenvalue weighted by Gasteiger charge is 2.38. The van der Waals surface area contributed by atoms with Gasteiger partial charge < -0.3 is 9.84 Å². The Kier molecular flexibility index (Phi) is 4.63. The number of hydrogen-bond donors (Lipinski definition) is 2. The third-order valence-electron chi connectivity index (χ3n) is 4.05. The van der Waals surface area contributed by atoms with Crippen LogP contribution in [0.4, 0.5) is 13.2 Å². The number of H-pyrrole nitrogens is 1. The summed E-state index contributed by atoms with van der Waals surface area (Å²) >= 11 is 0. The molecule has 0 saturated carbocycles. The SMILES string of the molecule is CCOc1ccc(-c2n[nH]c(C(F)(F)F)c2-c2ccccc2)c(O)c1C. The predicted molar refractivity (Wildman–Crippen MR) is 92.0 cm³/mol. The molecule has 0 amide bonds. The number of nitrogens with one attached hydrogen (secondary N) is 1. The fourth-order valence-electron chi connectivity index (χ4n) is 2.81. The van der Waals surface area contributed by atoms with Crippen LogP contribution in [0.1, 0.15) is 18.2 Å². The van der Waals surface area contributed by atoms with Crippen molar-refractivity contribution in [1.82, 2.24) is 10.2 Å². The van der Waals surface area contributed by atoms with E-state index in [1.807, 2.05) is 0 Å². The molecule has 1 heterocycles. The summed E-state index contributed by atoms with van der Waals surface area (Å²) in [6.07, 6.45) is -4.60. The van der Waals surface area contributed by atoms with Gasteiger partial charge in [0.05, 0.1) is 6.61 Å². The van der Waals surface area contributed by atoms with E-state index in [1.54, 1.807) is 50.2 Å². The molecule has 0 saturated heterocycles. The highest BCUT2D eigenvalue weighted by Crippen LogP contribution is 2.44. The highest BCUT2D eigenvalue weighted by molar-refractivity contribution is 5.86.